The van der Waals surface area contributed by atoms with Crippen molar-refractivity contribution < 1.29 is 32.6 Å². The van der Waals surface area contributed by atoms with Gasteiger partial charge in [0.1, 0.15) is 6.04 Å². The van der Waals surface area contributed by atoms with E-state index in [1.54, 1.807) is 24.3 Å². The second-order valence-corrected chi connectivity index (χ2v) is 6.76. The van der Waals surface area contributed by atoms with Gasteiger partial charge < -0.3 is 14.4 Å². The van der Waals surface area contributed by atoms with Crippen LogP contribution in [0.1, 0.15) is 33.2 Å². The molecule has 3 rings (SSSR count). The predicted octanol–water partition coefficient (Wildman–Crippen LogP) is 2.94. The zero-order valence-corrected chi connectivity index (χ0v) is 16.6. The Morgan fingerprint density at radius 3 is 2.20 bits per heavy atom. The van der Waals surface area contributed by atoms with E-state index >= 15 is 0 Å². The molecule has 9 heteroatoms. The van der Waals surface area contributed by atoms with Crippen molar-refractivity contribution in [1.82, 2.24) is 9.80 Å². The molecule has 0 bridgehead atoms. The average Bonchev–Trinajstić information content (AvgIpc) is 2.98. The molecule has 7 nitrogen and oxygen atoms in total. The van der Waals surface area contributed by atoms with Crippen LogP contribution >= 0.6 is 0 Å². The number of amides is 3. The minimum absolute atomic E-state index is 0.0991. The van der Waals surface area contributed by atoms with Gasteiger partial charge in [-0.25, -0.2) is 0 Å². The summed E-state index contributed by atoms with van der Waals surface area (Å²) >= 11 is 0. The Kier molecular flexibility index (Phi) is 6.00. The van der Waals surface area contributed by atoms with Gasteiger partial charge in [-0.3, -0.25) is 19.3 Å². The second-order valence-electron chi connectivity index (χ2n) is 6.76. The summed E-state index contributed by atoms with van der Waals surface area (Å²) in [4.78, 5) is 40.3. The molecule has 1 aliphatic heterocycles. The van der Waals surface area contributed by atoms with Crippen molar-refractivity contribution in [3.8, 4) is 11.5 Å². The predicted molar refractivity (Wildman–Crippen MR) is 103 cm³/mol. The van der Waals surface area contributed by atoms with Gasteiger partial charge in [0.05, 0.1) is 18.2 Å². The summed E-state index contributed by atoms with van der Waals surface area (Å²) in [7, 11) is 2.84. The minimum atomic E-state index is -2.99. The molecule has 3 amide bonds. The molecule has 1 aliphatic rings. The van der Waals surface area contributed by atoms with E-state index in [0.29, 0.717) is 5.56 Å². The number of alkyl halides is 2. The van der Waals surface area contributed by atoms with Gasteiger partial charge in [0, 0.05) is 13.6 Å². The lowest BCUT2D eigenvalue weighted by Crippen LogP contribution is -2.48. The van der Waals surface area contributed by atoms with Crippen LogP contribution in [0.3, 0.4) is 0 Å². The van der Waals surface area contributed by atoms with Crippen LogP contribution in [0, 0.1) is 0 Å². The zero-order valence-electron chi connectivity index (χ0n) is 16.6. The fraction of sp³-hybridized carbons (Fsp3) is 0.286. The molecule has 0 radical (unpaired) electrons. The molecule has 0 aliphatic carbocycles. The third-order valence-corrected chi connectivity index (χ3v) is 4.81. The summed E-state index contributed by atoms with van der Waals surface area (Å²) < 4.78 is 34.4. The van der Waals surface area contributed by atoms with Gasteiger partial charge in [-0.2, -0.15) is 8.78 Å². The Labute approximate surface area is 171 Å². The first-order valence-electron chi connectivity index (χ1n) is 9.08. The third kappa shape index (κ3) is 3.96. The number of hydrogen-bond acceptors (Lipinski definition) is 5. The summed E-state index contributed by atoms with van der Waals surface area (Å²) in [6, 6.07) is 9.72. The first-order chi connectivity index (χ1) is 14.2. The van der Waals surface area contributed by atoms with E-state index in [1.165, 1.54) is 44.2 Å². The monoisotopic (exact) mass is 418 g/mol. The molecule has 2 aromatic carbocycles. The molecule has 1 heterocycles. The molecule has 2 aromatic rings. The van der Waals surface area contributed by atoms with Crippen LogP contribution in [0.25, 0.3) is 0 Å². The van der Waals surface area contributed by atoms with Crippen molar-refractivity contribution in [2.45, 2.75) is 26.1 Å². The number of rotatable bonds is 7. The Morgan fingerprint density at radius 2 is 1.67 bits per heavy atom. The fourth-order valence-electron chi connectivity index (χ4n) is 3.34. The molecule has 0 fully saturated rings. The SMILES string of the molecule is COc1cc(CN(C)C(=O)[C@@H](C)N2C(=O)c3ccccc3C2=O)ccc1OC(F)F. The van der Waals surface area contributed by atoms with Gasteiger partial charge in [-0.15, -0.1) is 0 Å². The number of halogens is 2. The zero-order chi connectivity index (χ0) is 22.0. The van der Waals surface area contributed by atoms with Crippen molar-refractivity contribution in [3.63, 3.8) is 0 Å². The quantitative estimate of drug-likeness (QED) is 0.647. The Bertz CT molecular complexity index is 960. The van der Waals surface area contributed by atoms with Gasteiger partial charge in [0.2, 0.25) is 5.91 Å². The molecule has 30 heavy (non-hydrogen) atoms. The Hall–Kier alpha value is -3.49. The van der Waals surface area contributed by atoms with Crippen molar-refractivity contribution in [1.29, 1.82) is 0 Å². The lowest BCUT2D eigenvalue weighted by molar-refractivity contribution is -0.134. The largest absolute Gasteiger partial charge is 0.493 e. The number of likely N-dealkylation sites (N-methyl/N-ethyl adjacent to an activating group) is 1. The highest BCUT2D eigenvalue weighted by molar-refractivity contribution is 6.22. The minimum Gasteiger partial charge on any atom is -0.493 e. The summed E-state index contributed by atoms with van der Waals surface area (Å²) in [6.07, 6.45) is 0. The van der Waals surface area contributed by atoms with Crippen LogP contribution in [-0.4, -0.2) is 54.3 Å². The first-order valence-corrected chi connectivity index (χ1v) is 9.08. The molecular formula is C21H20F2N2O5. The van der Waals surface area contributed by atoms with Gasteiger partial charge in [0.15, 0.2) is 11.5 Å². The van der Waals surface area contributed by atoms with E-state index in [1.807, 2.05) is 0 Å². The topological polar surface area (TPSA) is 76.2 Å². The highest BCUT2D eigenvalue weighted by atomic mass is 19.3. The molecule has 0 saturated carbocycles. The van der Waals surface area contributed by atoms with Crippen molar-refractivity contribution >= 4 is 17.7 Å². The number of imide groups is 1. The molecule has 0 unspecified atom stereocenters. The van der Waals surface area contributed by atoms with Crippen molar-refractivity contribution in [2.75, 3.05) is 14.2 Å². The van der Waals surface area contributed by atoms with Crippen LogP contribution in [0.15, 0.2) is 42.5 Å². The van der Waals surface area contributed by atoms with Crippen LogP contribution < -0.4 is 9.47 Å². The smallest absolute Gasteiger partial charge is 0.387 e. The number of fused-ring (bicyclic) bond motifs is 1. The first kappa shape index (κ1) is 21.2. The maximum Gasteiger partial charge on any atom is 0.387 e. The molecule has 158 valence electrons. The van der Waals surface area contributed by atoms with Gasteiger partial charge in [-0.1, -0.05) is 18.2 Å². The van der Waals surface area contributed by atoms with Crippen LogP contribution in [0.4, 0.5) is 8.78 Å². The number of hydrogen-bond donors (Lipinski definition) is 0. The van der Waals surface area contributed by atoms with Crippen LogP contribution in [-0.2, 0) is 11.3 Å². The number of carbonyl (C=O) groups excluding carboxylic acids is 3. The summed E-state index contributed by atoms with van der Waals surface area (Å²) in [6.45, 7) is -1.40. The normalized spacial score (nSPS) is 14.0. The van der Waals surface area contributed by atoms with Crippen molar-refractivity contribution in [3.05, 3.63) is 59.2 Å². The highest BCUT2D eigenvalue weighted by Crippen LogP contribution is 2.30. The standard InChI is InChI=1S/C21H20F2N2O5/c1-12(25-19(27)14-6-4-5-7-15(14)20(25)28)18(26)24(2)11-13-8-9-16(30-21(22)23)17(10-13)29-3/h4-10,12,21H,11H2,1-3H3/t12-/m1/s1. The lowest BCUT2D eigenvalue weighted by atomic mass is 10.1. The van der Waals surface area contributed by atoms with E-state index in [9.17, 15) is 23.2 Å². The summed E-state index contributed by atoms with van der Waals surface area (Å²) in [5.74, 6) is -1.50. The fourth-order valence-corrected chi connectivity index (χ4v) is 3.34. The maximum absolute atomic E-state index is 12.9. The Balaban J connectivity index is 1.73. The van der Waals surface area contributed by atoms with E-state index in [2.05, 4.69) is 4.74 Å². The van der Waals surface area contributed by atoms with E-state index in [4.69, 9.17) is 4.74 Å². The number of carbonyl (C=O) groups is 3. The molecule has 1 atom stereocenters. The summed E-state index contributed by atoms with van der Waals surface area (Å²) in [5, 5.41) is 0. The average molecular weight is 418 g/mol. The van der Waals surface area contributed by atoms with Crippen molar-refractivity contribution in [2.24, 2.45) is 0 Å². The molecule has 0 N–H and O–H groups in total. The highest BCUT2D eigenvalue weighted by Gasteiger charge is 2.41. The Morgan fingerprint density at radius 1 is 1.07 bits per heavy atom. The molecule has 0 saturated heterocycles. The molecular weight excluding hydrogens is 398 g/mol. The van der Waals surface area contributed by atoms with E-state index in [-0.39, 0.29) is 29.2 Å². The van der Waals surface area contributed by atoms with Crippen LogP contribution in [0.2, 0.25) is 0 Å². The second kappa shape index (κ2) is 8.48. The van der Waals surface area contributed by atoms with Crippen LogP contribution in [0.5, 0.6) is 11.5 Å². The van der Waals surface area contributed by atoms with E-state index < -0.39 is 30.4 Å². The number of benzene rings is 2. The van der Waals surface area contributed by atoms with Gasteiger partial charge in [0.25, 0.3) is 11.8 Å². The van der Waals surface area contributed by atoms with Gasteiger partial charge >= 0.3 is 6.61 Å². The third-order valence-electron chi connectivity index (χ3n) is 4.81. The maximum atomic E-state index is 12.9. The number of methoxy groups -OCH3 is 1. The lowest BCUT2D eigenvalue weighted by Gasteiger charge is -2.27. The molecule has 0 aromatic heterocycles. The molecule has 0 spiro atoms. The summed E-state index contributed by atoms with van der Waals surface area (Å²) in [5.41, 5.74) is 1.13. The number of nitrogens with zero attached hydrogens (tertiary/aromatic N) is 2. The number of ether oxygens (including phenoxy) is 2. The van der Waals surface area contributed by atoms with E-state index in [0.717, 1.165) is 4.90 Å². The van der Waals surface area contributed by atoms with Gasteiger partial charge in [-0.05, 0) is 36.8 Å².